The number of ether oxygens (including phenoxy) is 1. The molecule has 0 unspecified atom stereocenters. The first-order valence-corrected chi connectivity index (χ1v) is 6.95. The highest BCUT2D eigenvalue weighted by Crippen LogP contribution is 2.36. The van der Waals surface area contributed by atoms with Crippen molar-refractivity contribution in [2.24, 2.45) is 5.89 Å². The Kier molecular flexibility index (Phi) is 3.73. The van der Waals surface area contributed by atoms with Gasteiger partial charge in [0.05, 0.1) is 17.8 Å². The minimum absolute atomic E-state index is 0.301. The number of aromatic nitrogens is 1. The molecule has 0 saturated carbocycles. The van der Waals surface area contributed by atoms with E-state index >= 15 is 0 Å². The van der Waals surface area contributed by atoms with Gasteiger partial charge in [0.2, 0.25) is 5.88 Å². The van der Waals surface area contributed by atoms with Gasteiger partial charge >= 0.3 is 7.12 Å². The van der Waals surface area contributed by atoms with Crippen LogP contribution in [0.15, 0.2) is 18.3 Å². The summed E-state index contributed by atoms with van der Waals surface area (Å²) in [5.41, 5.74) is 0.149. The van der Waals surface area contributed by atoms with Gasteiger partial charge in [-0.25, -0.2) is 4.98 Å². The molecule has 0 amide bonds. The molecule has 1 aliphatic rings. The third-order valence-electron chi connectivity index (χ3n) is 3.79. The first-order chi connectivity index (χ1) is 9.50. The molecule has 0 aliphatic carbocycles. The van der Waals surface area contributed by atoms with Crippen LogP contribution in [-0.4, -0.2) is 29.9 Å². The Morgan fingerprint density at radius 2 is 1.85 bits per heavy atom. The molecule has 0 radical (unpaired) electrons. The zero-order valence-electron chi connectivity index (χ0n) is 14.2. The maximum absolute atomic E-state index is 7.75. The zero-order chi connectivity index (χ0) is 15.9. The third kappa shape index (κ3) is 3.15. The topological polar surface area (TPSA) is 40.6 Å². The maximum atomic E-state index is 7.75. The van der Waals surface area contributed by atoms with Crippen molar-refractivity contribution in [2.75, 3.05) is 6.61 Å². The summed E-state index contributed by atoms with van der Waals surface area (Å²) >= 11 is 0. The monoisotopic (exact) mass is 278 g/mol. The lowest BCUT2D eigenvalue weighted by Crippen LogP contribution is -2.41. The molecule has 0 N–H and O–H groups in total. The van der Waals surface area contributed by atoms with Crippen LogP contribution in [0.2, 0.25) is 0 Å². The predicted octanol–water partition coefficient (Wildman–Crippen LogP) is 2.42. The van der Waals surface area contributed by atoms with Crippen LogP contribution >= 0.6 is 0 Å². The molecule has 2 rings (SSSR count). The molecular weight excluding hydrogens is 253 g/mol. The molecule has 110 valence electrons. The highest BCUT2D eigenvalue weighted by Gasteiger charge is 2.51. The van der Waals surface area contributed by atoms with Gasteiger partial charge in [-0.2, -0.15) is 0 Å². The van der Waals surface area contributed by atoms with E-state index in [-0.39, 0.29) is 11.2 Å². The van der Waals surface area contributed by atoms with Crippen LogP contribution < -0.4 is 10.2 Å². The van der Waals surface area contributed by atoms with Crippen LogP contribution in [0.5, 0.6) is 5.88 Å². The molecule has 0 atom stereocenters. The van der Waals surface area contributed by atoms with Crippen LogP contribution in [0, 0.1) is 5.89 Å². The Bertz CT molecular complexity index is 481. The fraction of sp³-hybridized carbons (Fsp3) is 0.667. The van der Waals surface area contributed by atoms with Crippen molar-refractivity contribution >= 4 is 12.6 Å². The van der Waals surface area contributed by atoms with E-state index in [1.807, 2.05) is 33.8 Å². The second-order valence-corrected chi connectivity index (χ2v) is 6.51. The van der Waals surface area contributed by atoms with E-state index in [2.05, 4.69) is 4.98 Å². The maximum Gasteiger partial charge on any atom is 0.496 e. The van der Waals surface area contributed by atoms with E-state index in [1.165, 1.54) is 0 Å². The smallest absolute Gasteiger partial charge is 0.477 e. The Morgan fingerprint density at radius 1 is 1.25 bits per heavy atom. The molecule has 5 heteroatoms. The number of hydrogen-bond acceptors (Lipinski definition) is 4. The van der Waals surface area contributed by atoms with Crippen LogP contribution in [0.3, 0.4) is 0 Å². The van der Waals surface area contributed by atoms with Gasteiger partial charge in [-0.3, -0.25) is 0 Å². The molecule has 1 aromatic heterocycles. The molecule has 1 aliphatic heterocycles. The largest absolute Gasteiger partial charge is 0.496 e. The zero-order valence-corrected chi connectivity index (χ0v) is 13.2. The Balaban J connectivity index is 2.04. The first-order valence-electron chi connectivity index (χ1n) is 7.45. The normalized spacial score (nSPS) is 21.7. The molecule has 1 saturated heterocycles. The number of pyridine rings is 1. The van der Waals surface area contributed by atoms with Crippen LogP contribution in [0.1, 0.15) is 42.9 Å². The highest BCUT2D eigenvalue weighted by molar-refractivity contribution is 6.62. The molecule has 20 heavy (non-hydrogen) atoms. The van der Waals surface area contributed by atoms with Crippen LogP contribution in [-0.2, 0) is 9.31 Å². The summed E-state index contributed by atoms with van der Waals surface area (Å²) in [5, 5.41) is 0. The van der Waals surface area contributed by atoms with Crippen LogP contribution in [0.4, 0.5) is 0 Å². The summed E-state index contributed by atoms with van der Waals surface area (Å²) in [6.45, 7) is 12.0. The molecule has 1 fully saturated rings. The van der Waals surface area contributed by atoms with Crippen molar-refractivity contribution in [3.63, 3.8) is 0 Å². The Hall–Kier alpha value is -1.07. The van der Waals surface area contributed by atoms with Crippen molar-refractivity contribution < 1.29 is 15.4 Å². The summed E-state index contributed by atoms with van der Waals surface area (Å²) in [6, 6.07) is 3.67. The molecule has 1 aromatic rings. The van der Waals surface area contributed by atoms with Crippen molar-refractivity contribution in [1.82, 2.24) is 4.98 Å². The van der Waals surface area contributed by atoms with Gasteiger partial charge in [-0.05, 0) is 39.7 Å². The van der Waals surface area contributed by atoms with Gasteiger partial charge in [0, 0.05) is 13.0 Å². The van der Waals surface area contributed by atoms with Gasteiger partial charge in [0.15, 0.2) is 0 Å². The summed E-state index contributed by atoms with van der Waals surface area (Å²) < 4.78 is 25.2. The van der Waals surface area contributed by atoms with Gasteiger partial charge in [-0.15, -0.1) is 0 Å². The quantitative estimate of drug-likeness (QED) is 0.793. The molecule has 0 spiro atoms. The summed E-state index contributed by atoms with van der Waals surface area (Å²) in [6.07, 6.45) is 1.70. The van der Waals surface area contributed by atoms with Crippen molar-refractivity contribution in [1.29, 1.82) is 0 Å². The van der Waals surface area contributed by atoms with E-state index < -0.39 is 13.0 Å². The number of rotatable bonds is 4. The minimum Gasteiger partial charge on any atom is -0.477 e. The summed E-state index contributed by atoms with van der Waals surface area (Å²) in [7, 11) is -0.413. The summed E-state index contributed by atoms with van der Waals surface area (Å²) in [4.78, 5) is 4.26. The van der Waals surface area contributed by atoms with Gasteiger partial charge < -0.3 is 14.0 Å². The lowest BCUT2D eigenvalue weighted by atomic mass is 9.80. The average Bonchev–Trinajstić information content (AvgIpc) is 2.56. The minimum atomic E-state index is -0.633. The Morgan fingerprint density at radius 3 is 2.30 bits per heavy atom. The molecular formula is C15H24BNO3. The molecule has 4 nitrogen and oxygen atoms in total. The number of hydrogen-bond donors (Lipinski definition) is 0. The van der Waals surface area contributed by atoms with Gasteiger partial charge in [0.25, 0.3) is 0 Å². The van der Waals surface area contributed by atoms with E-state index in [4.69, 9.17) is 15.4 Å². The lowest BCUT2D eigenvalue weighted by Gasteiger charge is -2.32. The lowest BCUT2D eigenvalue weighted by molar-refractivity contribution is 0.00578. The van der Waals surface area contributed by atoms with E-state index in [1.54, 1.807) is 26.1 Å². The second-order valence-electron chi connectivity index (χ2n) is 6.51. The standard InChI is InChI=1S/C15H24BNO3/c1-11(2)10-18-13-8-7-12(9-17-13)16-19-14(3,4)15(5,6)20-16/h7-9,11H,10H2,1-6H3/i11D. The van der Waals surface area contributed by atoms with Gasteiger partial charge in [0.1, 0.15) is 0 Å². The van der Waals surface area contributed by atoms with Crippen LogP contribution in [0.25, 0.3) is 0 Å². The van der Waals surface area contributed by atoms with Gasteiger partial charge in [-0.1, -0.05) is 19.9 Å². The highest BCUT2D eigenvalue weighted by atomic mass is 16.7. The molecule has 0 aromatic carbocycles. The Labute approximate surface area is 123 Å². The SMILES string of the molecule is [2H]C(C)(C)COc1ccc(B2OC(C)(C)C(C)(C)O2)cn1. The van der Waals surface area contributed by atoms with E-state index in [0.29, 0.717) is 12.5 Å². The van der Waals surface area contributed by atoms with Crippen molar-refractivity contribution in [3.8, 4) is 5.88 Å². The second kappa shape index (κ2) is 5.37. The fourth-order valence-electron chi connectivity index (χ4n) is 1.81. The predicted molar refractivity (Wildman–Crippen MR) is 80.3 cm³/mol. The first kappa shape index (κ1) is 13.9. The van der Waals surface area contributed by atoms with Crippen molar-refractivity contribution in [3.05, 3.63) is 18.3 Å². The molecule has 0 bridgehead atoms. The van der Waals surface area contributed by atoms with Crippen molar-refractivity contribution in [2.45, 2.75) is 52.7 Å². The average molecular weight is 278 g/mol. The van der Waals surface area contributed by atoms with E-state index in [9.17, 15) is 0 Å². The number of nitrogens with zero attached hydrogens (tertiary/aromatic N) is 1. The summed E-state index contributed by atoms with van der Waals surface area (Å²) in [5.74, 6) is -0.123. The fourth-order valence-corrected chi connectivity index (χ4v) is 1.81. The molecule has 2 heterocycles. The third-order valence-corrected chi connectivity index (χ3v) is 3.79. The van der Waals surface area contributed by atoms with E-state index in [0.717, 1.165) is 5.46 Å².